The lowest BCUT2D eigenvalue weighted by Crippen LogP contribution is -2.32. The Morgan fingerprint density at radius 2 is 1.47 bits per heavy atom. The number of carbonyl (C=O) groups is 3. The van der Waals surface area contributed by atoms with Crippen LogP contribution >= 0.6 is 0 Å². The maximum absolute atomic E-state index is 12.6. The zero-order chi connectivity index (χ0) is 21.9. The lowest BCUT2D eigenvalue weighted by Gasteiger charge is -2.21. The monoisotopic (exact) mass is 410 g/mol. The molecule has 0 saturated carbocycles. The second kappa shape index (κ2) is 11.6. The van der Waals surface area contributed by atoms with Gasteiger partial charge in [-0.3, -0.25) is 14.4 Å². The molecule has 2 rings (SSSR count). The van der Waals surface area contributed by atoms with E-state index in [-0.39, 0.29) is 24.3 Å². The zero-order valence-corrected chi connectivity index (χ0v) is 17.8. The van der Waals surface area contributed by atoms with E-state index >= 15 is 0 Å². The van der Waals surface area contributed by atoms with Gasteiger partial charge in [-0.2, -0.15) is 0 Å². The Bertz CT molecular complexity index is 859. The lowest BCUT2D eigenvalue weighted by molar-refractivity contribution is -0.115. The van der Waals surface area contributed by atoms with Crippen LogP contribution in [0.15, 0.2) is 48.5 Å². The molecule has 3 amide bonds. The first kappa shape index (κ1) is 22.9. The molecule has 0 heterocycles. The van der Waals surface area contributed by atoms with Crippen LogP contribution in [0.1, 0.15) is 44.0 Å². The van der Waals surface area contributed by atoms with Crippen molar-refractivity contribution in [3.05, 3.63) is 54.1 Å². The van der Waals surface area contributed by atoms with Gasteiger partial charge in [0.2, 0.25) is 11.8 Å². The Hall–Kier alpha value is -3.35. The minimum Gasteiger partial charge on any atom is -0.376 e. The number of anilines is 3. The number of benzene rings is 2. The standard InChI is InChI=1S/C23H30N4O3/c1-4-13-27(14-5-2)23(30)18-9-11-19(12-10-18)26-22(29)16-24-20-7-6-8-21(15-20)25-17(3)28/h6-12,15,24H,4-5,13-14,16H2,1-3H3,(H,25,28)(H,26,29). The second-order valence-electron chi connectivity index (χ2n) is 7.03. The number of hydrogen-bond donors (Lipinski definition) is 3. The van der Waals surface area contributed by atoms with Crippen LogP contribution in [0.25, 0.3) is 0 Å². The summed E-state index contributed by atoms with van der Waals surface area (Å²) in [5.41, 5.74) is 2.63. The summed E-state index contributed by atoms with van der Waals surface area (Å²) in [6, 6.07) is 14.1. The van der Waals surface area contributed by atoms with Crippen molar-refractivity contribution in [1.29, 1.82) is 0 Å². The van der Waals surface area contributed by atoms with Crippen LogP contribution < -0.4 is 16.0 Å². The normalized spacial score (nSPS) is 10.2. The molecule has 2 aromatic rings. The fourth-order valence-corrected chi connectivity index (χ4v) is 3.03. The molecule has 0 unspecified atom stereocenters. The van der Waals surface area contributed by atoms with Gasteiger partial charge in [-0.25, -0.2) is 0 Å². The third-order valence-electron chi connectivity index (χ3n) is 4.33. The van der Waals surface area contributed by atoms with Gasteiger partial charge in [0, 0.05) is 42.6 Å². The van der Waals surface area contributed by atoms with Crippen LogP contribution in [0.4, 0.5) is 17.1 Å². The molecule has 160 valence electrons. The summed E-state index contributed by atoms with van der Waals surface area (Å²) in [7, 11) is 0. The van der Waals surface area contributed by atoms with Gasteiger partial charge in [0.25, 0.3) is 5.91 Å². The van der Waals surface area contributed by atoms with Crippen molar-refractivity contribution < 1.29 is 14.4 Å². The molecule has 0 aliphatic heterocycles. The largest absolute Gasteiger partial charge is 0.376 e. The van der Waals surface area contributed by atoms with Crippen LogP contribution in [0, 0.1) is 0 Å². The number of rotatable bonds is 10. The number of carbonyl (C=O) groups excluding carboxylic acids is 3. The van der Waals surface area contributed by atoms with E-state index in [1.165, 1.54) is 6.92 Å². The van der Waals surface area contributed by atoms with E-state index in [0.717, 1.165) is 31.6 Å². The summed E-state index contributed by atoms with van der Waals surface area (Å²) in [6.07, 6.45) is 1.83. The molecule has 7 nitrogen and oxygen atoms in total. The molecule has 0 aliphatic rings. The predicted octanol–water partition coefficient (Wildman–Crippen LogP) is 3.96. The smallest absolute Gasteiger partial charge is 0.253 e. The van der Waals surface area contributed by atoms with Gasteiger partial charge in [0.05, 0.1) is 6.54 Å². The first-order valence-electron chi connectivity index (χ1n) is 10.2. The maximum atomic E-state index is 12.6. The molecule has 3 N–H and O–H groups in total. The number of nitrogens with one attached hydrogen (secondary N) is 3. The highest BCUT2D eigenvalue weighted by molar-refractivity contribution is 5.97. The molecule has 0 spiro atoms. The van der Waals surface area contributed by atoms with E-state index in [2.05, 4.69) is 29.8 Å². The second-order valence-corrected chi connectivity index (χ2v) is 7.03. The lowest BCUT2D eigenvalue weighted by atomic mass is 10.1. The van der Waals surface area contributed by atoms with Gasteiger partial charge in [-0.1, -0.05) is 19.9 Å². The van der Waals surface area contributed by atoms with Crippen LogP contribution in [0.3, 0.4) is 0 Å². The minimum absolute atomic E-state index is 0.0114. The zero-order valence-electron chi connectivity index (χ0n) is 17.8. The number of amides is 3. The molecular weight excluding hydrogens is 380 g/mol. The predicted molar refractivity (Wildman–Crippen MR) is 121 cm³/mol. The summed E-state index contributed by atoms with van der Waals surface area (Å²) in [5.74, 6) is -0.353. The van der Waals surface area contributed by atoms with Crippen molar-refractivity contribution in [1.82, 2.24) is 4.90 Å². The van der Waals surface area contributed by atoms with Crippen molar-refractivity contribution in [2.75, 3.05) is 35.6 Å². The van der Waals surface area contributed by atoms with Crippen LogP contribution in [0.2, 0.25) is 0 Å². The molecule has 0 bridgehead atoms. The van der Waals surface area contributed by atoms with E-state index in [1.54, 1.807) is 42.5 Å². The van der Waals surface area contributed by atoms with E-state index in [0.29, 0.717) is 16.9 Å². The Morgan fingerprint density at radius 3 is 2.07 bits per heavy atom. The Morgan fingerprint density at radius 1 is 0.833 bits per heavy atom. The van der Waals surface area contributed by atoms with Gasteiger partial charge < -0.3 is 20.9 Å². The maximum Gasteiger partial charge on any atom is 0.253 e. The first-order valence-corrected chi connectivity index (χ1v) is 10.2. The Labute approximate surface area is 177 Å². The summed E-state index contributed by atoms with van der Waals surface area (Å²) in [5, 5.41) is 8.54. The van der Waals surface area contributed by atoms with Crippen molar-refractivity contribution in [2.24, 2.45) is 0 Å². The van der Waals surface area contributed by atoms with Crippen LogP contribution in [-0.4, -0.2) is 42.3 Å². The average Bonchev–Trinajstić information content (AvgIpc) is 2.72. The fourth-order valence-electron chi connectivity index (χ4n) is 3.03. The SMILES string of the molecule is CCCN(CCC)C(=O)c1ccc(NC(=O)CNc2cccc(NC(C)=O)c2)cc1. The first-order chi connectivity index (χ1) is 14.4. The summed E-state index contributed by atoms with van der Waals surface area (Å²) < 4.78 is 0. The molecule has 0 atom stereocenters. The fraction of sp³-hybridized carbons (Fsp3) is 0.348. The van der Waals surface area contributed by atoms with Gasteiger partial charge in [0.15, 0.2) is 0 Å². The highest BCUT2D eigenvalue weighted by atomic mass is 16.2. The molecular formula is C23H30N4O3. The van der Waals surface area contributed by atoms with Crippen LogP contribution in [-0.2, 0) is 9.59 Å². The summed E-state index contributed by atoms with van der Waals surface area (Å²) in [6.45, 7) is 7.10. The molecule has 0 aliphatic carbocycles. The number of nitrogens with zero attached hydrogens (tertiary/aromatic N) is 1. The molecule has 0 saturated heterocycles. The Kier molecular flexibility index (Phi) is 8.87. The van der Waals surface area contributed by atoms with Crippen LogP contribution in [0.5, 0.6) is 0 Å². The highest BCUT2D eigenvalue weighted by Crippen LogP contribution is 2.15. The Balaban J connectivity index is 1.90. The van der Waals surface area contributed by atoms with E-state index < -0.39 is 0 Å². The van der Waals surface area contributed by atoms with Crippen molar-refractivity contribution >= 4 is 34.8 Å². The van der Waals surface area contributed by atoms with E-state index in [1.807, 2.05) is 11.0 Å². The van der Waals surface area contributed by atoms with Gasteiger partial charge in [0.1, 0.15) is 0 Å². The van der Waals surface area contributed by atoms with Crippen molar-refractivity contribution in [3.63, 3.8) is 0 Å². The summed E-state index contributed by atoms with van der Waals surface area (Å²) >= 11 is 0. The third-order valence-corrected chi connectivity index (χ3v) is 4.33. The van der Waals surface area contributed by atoms with Crippen molar-refractivity contribution in [3.8, 4) is 0 Å². The topological polar surface area (TPSA) is 90.5 Å². The minimum atomic E-state index is -0.211. The molecule has 7 heteroatoms. The van der Waals surface area contributed by atoms with E-state index in [4.69, 9.17) is 0 Å². The number of hydrogen-bond acceptors (Lipinski definition) is 4. The molecule has 0 radical (unpaired) electrons. The molecule has 2 aromatic carbocycles. The van der Waals surface area contributed by atoms with E-state index in [9.17, 15) is 14.4 Å². The average molecular weight is 411 g/mol. The molecule has 30 heavy (non-hydrogen) atoms. The van der Waals surface area contributed by atoms with Gasteiger partial charge in [-0.05, 0) is 55.3 Å². The van der Waals surface area contributed by atoms with Crippen molar-refractivity contribution in [2.45, 2.75) is 33.6 Å². The van der Waals surface area contributed by atoms with Gasteiger partial charge in [-0.15, -0.1) is 0 Å². The summed E-state index contributed by atoms with van der Waals surface area (Å²) in [4.78, 5) is 37.8. The molecule has 0 aromatic heterocycles. The van der Waals surface area contributed by atoms with Gasteiger partial charge >= 0.3 is 0 Å². The molecule has 0 fully saturated rings. The third kappa shape index (κ3) is 7.24. The highest BCUT2D eigenvalue weighted by Gasteiger charge is 2.14. The quantitative estimate of drug-likeness (QED) is 0.553.